The van der Waals surface area contributed by atoms with Crippen molar-refractivity contribution in [2.24, 2.45) is 11.8 Å². The zero-order valence-corrected chi connectivity index (χ0v) is 31.3. The lowest BCUT2D eigenvalue weighted by atomic mass is 10.0. The number of nitrogens with one attached hydrogen (secondary N) is 2. The number of carbonyl (C=O) groups is 4. The van der Waals surface area contributed by atoms with E-state index in [4.69, 9.17) is 4.74 Å². The van der Waals surface area contributed by atoms with Gasteiger partial charge in [0.1, 0.15) is 24.2 Å². The number of fused-ring (bicyclic) bond motifs is 11. The van der Waals surface area contributed by atoms with E-state index in [1.165, 1.54) is 27.6 Å². The molecule has 1 saturated heterocycles. The van der Waals surface area contributed by atoms with Crippen LogP contribution in [0, 0.1) is 11.8 Å². The average molecular weight is 750 g/mol. The SMILES string of the molecule is C=CC1CC1(NC(=O)[C@@H]1C[C@@H]2CN1C(=O)[C@H](C(C)C)N(C)C(=O)OC/C=C/CCN(C)c1cnn2c(=O)c1-c1ccccc1)C(=O)NS(=O)(=O)C1CC1. The second-order valence-electron chi connectivity index (χ2n) is 14.7. The zero-order chi connectivity index (χ0) is 38.2. The van der Waals surface area contributed by atoms with Gasteiger partial charge in [0.05, 0.1) is 28.7 Å². The maximum atomic E-state index is 14.6. The van der Waals surface area contributed by atoms with Gasteiger partial charge in [-0.15, -0.1) is 6.58 Å². The van der Waals surface area contributed by atoms with Crippen LogP contribution in [0.5, 0.6) is 0 Å². The van der Waals surface area contributed by atoms with Crippen LogP contribution in [0.3, 0.4) is 0 Å². The molecule has 2 unspecified atom stereocenters. The summed E-state index contributed by atoms with van der Waals surface area (Å²) in [7, 11) is -0.610. The first-order valence-corrected chi connectivity index (χ1v) is 19.5. The van der Waals surface area contributed by atoms with Crippen LogP contribution in [-0.4, -0.2) is 108 Å². The van der Waals surface area contributed by atoms with E-state index in [9.17, 15) is 32.4 Å². The summed E-state index contributed by atoms with van der Waals surface area (Å²) in [6, 6.07) is 6.15. The highest BCUT2D eigenvalue weighted by Gasteiger charge is 2.62. The molecule has 1 aromatic heterocycles. The molecule has 53 heavy (non-hydrogen) atoms. The minimum absolute atomic E-state index is 0.0271. The van der Waals surface area contributed by atoms with Crippen molar-refractivity contribution in [1.29, 1.82) is 0 Å². The van der Waals surface area contributed by atoms with E-state index in [1.807, 2.05) is 48.4 Å². The molecule has 1 aromatic carbocycles. The highest BCUT2D eigenvalue weighted by molar-refractivity contribution is 7.91. The molecule has 16 heteroatoms. The van der Waals surface area contributed by atoms with E-state index >= 15 is 0 Å². The molecule has 5 atom stereocenters. The molecule has 2 saturated carbocycles. The molecular weight excluding hydrogens is 703 g/mol. The third kappa shape index (κ3) is 7.46. The van der Waals surface area contributed by atoms with E-state index in [2.05, 4.69) is 21.7 Å². The Labute approximate surface area is 309 Å². The number of ether oxygens (including phenoxy) is 1. The Morgan fingerprint density at radius 1 is 1.09 bits per heavy atom. The highest BCUT2D eigenvalue weighted by Crippen LogP contribution is 2.46. The number of carbonyl (C=O) groups excluding carboxylic acids is 4. The lowest BCUT2D eigenvalue weighted by Gasteiger charge is -2.35. The fourth-order valence-corrected chi connectivity index (χ4v) is 8.73. The number of nitrogens with zero attached hydrogens (tertiary/aromatic N) is 5. The standard InChI is InChI=1S/C37H47N7O8S/c1-6-25-20-37(25,35(48)40-53(50,51)27-15-16-27)39-32(45)28-19-26-22-43(28)34(47)31(23(2)3)42(5)36(49)52-18-12-8-11-17-41(4)29-21-38-44(26)33(46)30(29)24-13-9-7-10-14-24/h6-10,12-14,21,23,25-28,31H,1,11,15-20,22H2,2-5H3,(H,39,45)(H,40,48)/b12-8+/t25?,26-,28+,31+,37?/m1/s1. The Kier molecular flexibility index (Phi) is 10.5. The largest absolute Gasteiger partial charge is 0.445 e. The first-order valence-electron chi connectivity index (χ1n) is 17.9. The van der Waals surface area contributed by atoms with Crippen LogP contribution in [0.15, 0.2) is 66.1 Å². The van der Waals surface area contributed by atoms with Gasteiger partial charge in [-0.3, -0.25) is 28.8 Å². The van der Waals surface area contributed by atoms with Gasteiger partial charge in [-0.05, 0) is 37.2 Å². The van der Waals surface area contributed by atoms with Crippen LogP contribution in [0.1, 0.15) is 52.0 Å². The van der Waals surface area contributed by atoms with Gasteiger partial charge in [0, 0.05) is 39.5 Å². The highest BCUT2D eigenvalue weighted by atomic mass is 32.2. The Morgan fingerprint density at radius 3 is 2.45 bits per heavy atom. The molecule has 15 nitrogen and oxygen atoms in total. The number of rotatable bonds is 8. The van der Waals surface area contributed by atoms with Gasteiger partial charge in [0.2, 0.25) is 21.8 Å². The summed E-state index contributed by atoms with van der Waals surface area (Å²) in [5.41, 5.74) is -0.322. The number of amides is 4. The molecule has 3 aliphatic heterocycles. The third-order valence-corrected chi connectivity index (χ3v) is 12.4. The van der Waals surface area contributed by atoms with Gasteiger partial charge in [-0.25, -0.2) is 17.9 Å². The topological polar surface area (TPSA) is 180 Å². The molecule has 7 rings (SSSR count). The number of hydrogen-bond acceptors (Lipinski definition) is 10. The first kappa shape index (κ1) is 37.8. The van der Waals surface area contributed by atoms with Crippen molar-refractivity contribution in [3.63, 3.8) is 0 Å². The lowest BCUT2D eigenvalue weighted by Crippen LogP contribution is -2.59. The molecule has 284 valence electrons. The van der Waals surface area contributed by atoms with Gasteiger partial charge in [-0.2, -0.15) is 5.10 Å². The van der Waals surface area contributed by atoms with Crippen molar-refractivity contribution < 1.29 is 32.3 Å². The molecule has 4 amide bonds. The number of likely N-dealkylation sites (N-methyl/N-ethyl adjacent to an activating group) is 1. The van der Waals surface area contributed by atoms with E-state index in [1.54, 1.807) is 26.1 Å². The third-order valence-electron chi connectivity index (χ3n) is 10.6. The summed E-state index contributed by atoms with van der Waals surface area (Å²) >= 11 is 0. The fraction of sp³-hybridized carbons (Fsp3) is 0.514. The van der Waals surface area contributed by atoms with Crippen molar-refractivity contribution in [1.82, 2.24) is 29.6 Å². The maximum Gasteiger partial charge on any atom is 0.410 e. The number of hydrogen-bond donors (Lipinski definition) is 2. The Hall–Kier alpha value is -4.99. The normalized spacial score (nSPS) is 27.2. The molecule has 2 N–H and O–H groups in total. The van der Waals surface area contributed by atoms with E-state index < -0.39 is 80.1 Å². The van der Waals surface area contributed by atoms with Crippen LogP contribution < -0.4 is 20.5 Å². The van der Waals surface area contributed by atoms with Gasteiger partial charge >= 0.3 is 6.09 Å². The molecular formula is C37H47N7O8S. The van der Waals surface area contributed by atoms with Crippen LogP contribution in [0.4, 0.5) is 10.5 Å². The number of benzene rings is 1. The zero-order valence-electron chi connectivity index (χ0n) is 30.4. The summed E-state index contributed by atoms with van der Waals surface area (Å²) in [4.78, 5) is 74.6. The Bertz CT molecular complexity index is 1980. The number of sulfonamides is 1. The molecule has 2 aliphatic carbocycles. The molecule has 4 bridgehead atoms. The van der Waals surface area contributed by atoms with Gasteiger partial charge in [-0.1, -0.05) is 62.4 Å². The van der Waals surface area contributed by atoms with Crippen molar-refractivity contribution in [3.8, 4) is 11.1 Å². The predicted octanol–water partition coefficient (Wildman–Crippen LogP) is 2.21. The monoisotopic (exact) mass is 749 g/mol. The number of anilines is 1. The van der Waals surface area contributed by atoms with Crippen LogP contribution in [0.2, 0.25) is 0 Å². The van der Waals surface area contributed by atoms with Gasteiger partial charge in [0.15, 0.2) is 0 Å². The maximum absolute atomic E-state index is 14.6. The second kappa shape index (κ2) is 14.8. The molecule has 0 spiro atoms. The van der Waals surface area contributed by atoms with Gasteiger partial charge < -0.3 is 19.9 Å². The quantitative estimate of drug-likeness (QED) is 0.380. The molecule has 3 fully saturated rings. The average Bonchev–Trinajstić information content (AvgIpc) is 4.05. The fourth-order valence-electron chi connectivity index (χ4n) is 7.36. The predicted molar refractivity (Wildman–Crippen MR) is 197 cm³/mol. The molecule has 4 heterocycles. The van der Waals surface area contributed by atoms with Crippen molar-refractivity contribution in [2.45, 2.75) is 74.9 Å². The molecule has 5 aliphatic rings. The van der Waals surface area contributed by atoms with Gasteiger partial charge in [0.25, 0.3) is 11.5 Å². The van der Waals surface area contributed by atoms with Crippen LogP contribution >= 0.6 is 0 Å². The summed E-state index contributed by atoms with van der Waals surface area (Å²) in [6.07, 6.45) is 7.50. The van der Waals surface area contributed by atoms with E-state index in [-0.39, 0.29) is 26.0 Å². The van der Waals surface area contributed by atoms with E-state index in [0.29, 0.717) is 42.6 Å². The molecule has 2 aromatic rings. The Morgan fingerprint density at radius 2 is 1.81 bits per heavy atom. The number of aromatic nitrogens is 2. The van der Waals surface area contributed by atoms with Crippen molar-refractivity contribution >= 4 is 39.5 Å². The summed E-state index contributed by atoms with van der Waals surface area (Å²) in [5, 5.41) is 6.71. The van der Waals surface area contributed by atoms with Crippen LogP contribution in [-0.2, 0) is 29.1 Å². The minimum Gasteiger partial charge on any atom is -0.445 e. The van der Waals surface area contributed by atoms with E-state index in [0.717, 1.165) is 0 Å². The molecule has 0 radical (unpaired) electrons. The Balaban J connectivity index is 1.41. The van der Waals surface area contributed by atoms with Crippen LogP contribution in [0.25, 0.3) is 11.1 Å². The van der Waals surface area contributed by atoms with Crippen molar-refractivity contribution in [3.05, 3.63) is 71.7 Å². The smallest absolute Gasteiger partial charge is 0.410 e. The lowest BCUT2D eigenvalue weighted by molar-refractivity contribution is -0.144. The summed E-state index contributed by atoms with van der Waals surface area (Å²) < 4.78 is 34.4. The minimum atomic E-state index is -3.92. The summed E-state index contributed by atoms with van der Waals surface area (Å²) in [5.74, 6) is -3.10. The first-order chi connectivity index (χ1) is 25.2. The van der Waals surface area contributed by atoms with Crippen molar-refractivity contribution in [2.75, 3.05) is 38.7 Å². The second-order valence-corrected chi connectivity index (χ2v) is 16.6. The summed E-state index contributed by atoms with van der Waals surface area (Å²) in [6.45, 7) is 7.70.